The normalized spacial score (nSPS) is 10.2. The molecule has 5 heteroatoms. The van der Waals surface area contributed by atoms with Crippen molar-refractivity contribution in [3.05, 3.63) is 42.0 Å². The Morgan fingerprint density at radius 1 is 1.53 bits per heavy atom. The molecule has 0 unspecified atom stereocenters. The SMILES string of the molecule is Cc1cnn(-c2ccnc(C(=N)N)c2)c1. The van der Waals surface area contributed by atoms with Crippen LogP contribution >= 0.6 is 0 Å². The van der Waals surface area contributed by atoms with Crippen molar-refractivity contribution in [3.63, 3.8) is 0 Å². The minimum atomic E-state index is -0.0410. The van der Waals surface area contributed by atoms with Crippen LogP contribution in [0.15, 0.2) is 30.7 Å². The number of amidine groups is 1. The summed E-state index contributed by atoms with van der Waals surface area (Å²) in [5.41, 5.74) is 7.75. The van der Waals surface area contributed by atoms with E-state index in [9.17, 15) is 0 Å². The van der Waals surface area contributed by atoms with Crippen LogP contribution in [0.2, 0.25) is 0 Å². The molecule has 0 aliphatic rings. The smallest absolute Gasteiger partial charge is 0.141 e. The van der Waals surface area contributed by atoms with Crippen LogP contribution in [0.5, 0.6) is 0 Å². The largest absolute Gasteiger partial charge is 0.382 e. The molecule has 2 heterocycles. The van der Waals surface area contributed by atoms with Gasteiger partial charge in [-0.3, -0.25) is 10.4 Å². The van der Waals surface area contributed by atoms with Crippen molar-refractivity contribution >= 4 is 5.84 Å². The van der Waals surface area contributed by atoms with Gasteiger partial charge in [0, 0.05) is 12.4 Å². The molecule has 2 rings (SSSR count). The topological polar surface area (TPSA) is 80.6 Å². The Bertz CT molecular complexity index is 500. The highest BCUT2D eigenvalue weighted by atomic mass is 15.3. The minimum absolute atomic E-state index is 0.0410. The van der Waals surface area contributed by atoms with E-state index in [0.717, 1.165) is 11.3 Å². The lowest BCUT2D eigenvalue weighted by atomic mass is 10.3. The van der Waals surface area contributed by atoms with Crippen molar-refractivity contribution in [1.29, 1.82) is 5.41 Å². The Hall–Kier alpha value is -2.17. The van der Waals surface area contributed by atoms with E-state index in [1.807, 2.05) is 19.2 Å². The Morgan fingerprint density at radius 3 is 2.93 bits per heavy atom. The summed E-state index contributed by atoms with van der Waals surface area (Å²) in [6.45, 7) is 1.97. The molecular weight excluding hydrogens is 190 g/mol. The maximum atomic E-state index is 7.29. The maximum Gasteiger partial charge on any atom is 0.141 e. The van der Waals surface area contributed by atoms with Crippen LogP contribution in [0.25, 0.3) is 5.69 Å². The van der Waals surface area contributed by atoms with Gasteiger partial charge in [0.25, 0.3) is 0 Å². The lowest BCUT2D eigenvalue weighted by molar-refractivity contribution is 0.876. The molecule has 0 aliphatic heterocycles. The first-order valence-electron chi connectivity index (χ1n) is 4.49. The second-order valence-electron chi connectivity index (χ2n) is 3.28. The molecule has 0 amide bonds. The van der Waals surface area contributed by atoms with Gasteiger partial charge in [0.1, 0.15) is 11.5 Å². The number of rotatable bonds is 2. The molecule has 0 bridgehead atoms. The van der Waals surface area contributed by atoms with Gasteiger partial charge in [0.05, 0.1) is 11.9 Å². The third-order valence-corrected chi connectivity index (χ3v) is 2.00. The van der Waals surface area contributed by atoms with Gasteiger partial charge in [0.2, 0.25) is 0 Å². The second kappa shape index (κ2) is 3.53. The average Bonchev–Trinajstić information content (AvgIpc) is 2.65. The van der Waals surface area contributed by atoms with Crippen LogP contribution in [-0.2, 0) is 0 Å². The van der Waals surface area contributed by atoms with Gasteiger partial charge in [-0.25, -0.2) is 4.68 Å². The standard InChI is InChI=1S/C10H11N5/c1-7-5-14-15(6-7)8-2-3-13-9(4-8)10(11)12/h2-6H,1H3,(H3,11,12). The summed E-state index contributed by atoms with van der Waals surface area (Å²) in [4.78, 5) is 3.98. The summed E-state index contributed by atoms with van der Waals surface area (Å²) in [5.74, 6) is -0.0410. The zero-order valence-corrected chi connectivity index (χ0v) is 8.31. The van der Waals surface area contributed by atoms with Crippen molar-refractivity contribution < 1.29 is 0 Å². The van der Waals surface area contributed by atoms with Crippen LogP contribution in [0.4, 0.5) is 0 Å². The molecule has 0 saturated heterocycles. The molecule has 2 aromatic heterocycles. The first-order chi connectivity index (χ1) is 7.16. The Balaban J connectivity index is 2.45. The minimum Gasteiger partial charge on any atom is -0.382 e. The molecule has 5 nitrogen and oxygen atoms in total. The predicted molar refractivity (Wildman–Crippen MR) is 57.1 cm³/mol. The van der Waals surface area contributed by atoms with Crippen molar-refractivity contribution in [2.45, 2.75) is 6.92 Å². The van der Waals surface area contributed by atoms with E-state index in [0.29, 0.717) is 5.69 Å². The van der Waals surface area contributed by atoms with Crippen molar-refractivity contribution in [3.8, 4) is 5.69 Å². The predicted octanol–water partition coefficient (Wildman–Crippen LogP) is 0.860. The second-order valence-corrected chi connectivity index (χ2v) is 3.28. The van der Waals surface area contributed by atoms with Gasteiger partial charge in [-0.2, -0.15) is 5.10 Å². The van der Waals surface area contributed by atoms with Gasteiger partial charge in [-0.15, -0.1) is 0 Å². The van der Waals surface area contributed by atoms with Gasteiger partial charge in [0.15, 0.2) is 0 Å². The summed E-state index contributed by atoms with van der Waals surface area (Å²) >= 11 is 0. The average molecular weight is 201 g/mol. The fourth-order valence-electron chi connectivity index (χ4n) is 1.26. The molecule has 0 fully saturated rings. The van der Waals surface area contributed by atoms with E-state index in [-0.39, 0.29) is 5.84 Å². The first-order valence-corrected chi connectivity index (χ1v) is 4.49. The number of aromatic nitrogens is 3. The molecule has 15 heavy (non-hydrogen) atoms. The molecule has 0 aliphatic carbocycles. The number of nitrogens with two attached hydrogens (primary N) is 1. The highest BCUT2D eigenvalue weighted by Gasteiger charge is 2.02. The quantitative estimate of drug-likeness (QED) is 0.558. The Kier molecular flexibility index (Phi) is 2.21. The van der Waals surface area contributed by atoms with Crippen LogP contribution in [0, 0.1) is 12.3 Å². The number of hydrogen-bond acceptors (Lipinski definition) is 3. The molecule has 76 valence electrons. The molecule has 0 saturated carbocycles. The van der Waals surface area contributed by atoms with Crippen LogP contribution in [-0.4, -0.2) is 20.6 Å². The summed E-state index contributed by atoms with van der Waals surface area (Å²) < 4.78 is 1.73. The number of pyridine rings is 1. The van der Waals surface area contributed by atoms with Crippen molar-refractivity contribution in [1.82, 2.24) is 14.8 Å². The highest BCUT2D eigenvalue weighted by molar-refractivity contribution is 5.93. The van der Waals surface area contributed by atoms with Gasteiger partial charge >= 0.3 is 0 Å². The third kappa shape index (κ3) is 1.85. The number of nitrogens with zero attached hydrogens (tertiary/aromatic N) is 3. The van der Waals surface area contributed by atoms with Gasteiger partial charge in [-0.1, -0.05) is 0 Å². The van der Waals surface area contributed by atoms with E-state index in [2.05, 4.69) is 10.1 Å². The van der Waals surface area contributed by atoms with E-state index in [1.165, 1.54) is 0 Å². The summed E-state index contributed by atoms with van der Waals surface area (Å²) in [6.07, 6.45) is 5.29. The van der Waals surface area contributed by atoms with Crippen molar-refractivity contribution in [2.75, 3.05) is 0 Å². The van der Waals surface area contributed by atoms with E-state index in [1.54, 1.807) is 23.1 Å². The van der Waals surface area contributed by atoms with Crippen LogP contribution in [0.3, 0.4) is 0 Å². The molecule has 2 aromatic rings. The Morgan fingerprint density at radius 2 is 2.33 bits per heavy atom. The van der Waals surface area contributed by atoms with E-state index in [4.69, 9.17) is 11.1 Å². The fourth-order valence-corrected chi connectivity index (χ4v) is 1.26. The zero-order chi connectivity index (χ0) is 10.8. The third-order valence-electron chi connectivity index (χ3n) is 2.00. The highest BCUT2D eigenvalue weighted by Crippen LogP contribution is 2.08. The van der Waals surface area contributed by atoms with Crippen molar-refractivity contribution in [2.24, 2.45) is 5.73 Å². The molecule has 3 N–H and O–H groups in total. The molecule has 0 atom stereocenters. The summed E-state index contributed by atoms with van der Waals surface area (Å²) in [6, 6.07) is 3.55. The number of hydrogen-bond donors (Lipinski definition) is 2. The van der Waals surface area contributed by atoms with E-state index >= 15 is 0 Å². The number of nitrogens with one attached hydrogen (secondary N) is 1. The monoisotopic (exact) mass is 201 g/mol. The molecule has 0 aromatic carbocycles. The van der Waals surface area contributed by atoms with Crippen LogP contribution in [0.1, 0.15) is 11.3 Å². The molecule has 0 radical (unpaired) electrons. The lowest BCUT2D eigenvalue weighted by Crippen LogP contribution is -2.13. The first kappa shape index (κ1) is 9.39. The van der Waals surface area contributed by atoms with Gasteiger partial charge < -0.3 is 5.73 Å². The summed E-state index contributed by atoms with van der Waals surface area (Å²) in [7, 11) is 0. The lowest BCUT2D eigenvalue weighted by Gasteiger charge is -2.02. The molecule has 0 spiro atoms. The zero-order valence-electron chi connectivity index (χ0n) is 8.31. The maximum absolute atomic E-state index is 7.29. The van der Waals surface area contributed by atoms with Crippen LogP contribution < -0.4 is 5.73 Å². The summed E-state index contributed by atoms with van der Waals surface area (Å²) in [5, 5.41) is 11.4. The number of nitrogen functional groups attached to an aromatic ring is 1. The number of aryl methyl sites for hydroxylation is 1. The molecular formula is C10H11N5. The Labute approximate surface area is 87.1 Å². The van der Waals surface area contributed by atoms with E-state index < -0.39 is 0 Å². The fraction of sp³-hybridized carbons (Fsp3) is 0.100. The van der Waals surface area contributed by atoms with Gasteiger partial charge in [-0.05, 0) is 24.6 Å².